The summed E-state index contributed by atoms with van der Waals surface area (Å²) in [6.07, 6.45) is 7.50. The third-order valence-electron chi connectivity index (χ3n) is 3.05. The van der Waals surface area contributed by atoms with E-state index in [0.29, 0.717) is 23.5 Å². The number of hydrogen-bond acceptors (Lipinski definition) is 4. The minimum Gasteiger partial charge on any atom is -0.493 e. The predicted molar refractivity (Wildman–Crippen MR) is 84.3 cm³/mol. The van der Waals surface area contributed by atoms with Gasteiger partial charge in [-0.15, -0.1) is 0 Å². The molecule has 0 bridgehead atoms. The Morgan fingerprint density at radius 3 is 2.77 bits per heavy atom. The Labute approximate surface area is 129 Å². The molecule has 0 aliphatic carbocycles. The minimum atomic E-state index is 0.0736. The average Bonchev–Trinajstić information content (AvgIpc) is 3.07. The Balaban J connectivity index is 2.00. The summed E-state index contributed by atoms with van der Waals surface area (Å²) in [6, 6.07) is 7.32. The lowest BCUT2D eigenvalue weighted by Gasteiger charge is -2.10. The second-order valence-electron chi connectivity index (χ2n) is 4.59. The third-order valence-corrected chi connectivity index (χ3v) is 3.05. The Hall–Kier alpha value is -2.53. The molecule has 1 aromatic heterocycles. The van der Waals surface area contributed by atoms with Crippen LogP contribution < -0.4 is 9.47 Å². The molecule has 1 aromatic carbocycles. The second kappa shape index (κ2) is 8.05. The summed E-state index contributed by atoms with van der Waals surface area (Å²) in [5, 5.41) is 0. The maximum Gasteiger partial charge on any atom is 0.188 e. The Bertz CT molecular complexity index is 632. The number of aromatic amines is 1. The second-order valence-corrected chi connectivity index (χ2v) is 4.59. The van der Waals surface area contributed by atoms with Crippen LogP contribution in [0.25, 0.3) is 6.08 Å². The van der Waals surface area contributed by atoms with E-state index in [0.717, 1.165) is 5.56 Å². The van der Waals surface area contributed by atoms with Gasteiger partial charge in [0.2, 0.25) is 0 Å². The maximum atomic E-state index is 11.9. The van der Waals surface area contributed by atoms with Crippen molar-refractivity contribution in [2.45, 2.75) is 6.42 Å². The Morgan fingerprint density at radius 1 is 1.23 bits per heavy atom. The van der Waals surface area contributed by atoms with E-state index in [1.807, 2.05) is 30.4 Å². The molecule has 5 nitrogen and oxygen atoms in total. The number of benzene rings is 1. The summed E-state index contributed by atoms with van der Waals surface area (Å²) in [5.41, 5.74) is 1.62. The summed E-state index contributed by atoms with van der Waals surface area (Å²) >= 11 is 0. The lowest BCUT2D eigenvalue weighted by Crippen LogP contribution is -2.00. The van der Waals surface area contributed by atoms with Crippen molar-refractivity contribution in [1.29, 1.82) is 0 Å². The fraction of sp³-hybridized carbons (Fsp3) is 0.235. The highest BCUT2D eigenvalue weighted by Crippen LogP contribution is 2.28. The van der Waals surface area contributed by atoms with Gasteiger partial charge in [0.1, 0.15) is 0 Å². The average molecular weight is 301 g/mol. The number of Topliss-reactive ketones (excluding diaryl/α,β-unsaturated/α-hetero) is 1. The number of carbonyl (C=O) groups excluding carboxylic acids is 1. The Kier molecular flexibility index (Phi) is 5.80. The van der Waals surface area contributed by atoms with Crippen LogP contribution in [0.4, 0.5) is 0 Å². The molecular weight excluding hydrogens is 282 g/mol. The number of H-pyrrole nitrogens is 1. The number of hydrogen-bond donors (Lipinski definition) is 1. The van der Waals surface area contributed by atoms with Gasteiger partial charge >= 0.3 is 0 Å². The number of allylic oxidation sites excluding steroid dienone is 1. The first kappa shape index (κ1) is 15.9. The molecule has 0 aliphatic rings. The molecule has 5 heteroatoms. The molecular formula is C17H19NO4. The summed E-state index contributed by atoms with van der Waals surface area (Å²) < 4.78 is 15.5. The van der Waals surface area contributed by atoms with Crippen molar-refractivity contribution in [3.05, 3.63) is 53.9 Å². The molecule has 0 fully saturated rings. The number of methoxy groups -OCH3 is 2. The first-order valence-electron chi connectivity index (χ1n) is 6.87. The number of ether oxygens (including phenoxy) is 3. The SMILES string of the molecule is COCOc1ccc(/C=C/CC(=O)c2cc[nH]c2)cc1OC. The number of rotatable bonds is 8. The molecule has 1 heterocycles. The van der Waals surface area contributed by atoms with Gasteiger partial charge in [-0.2, -0.15) is 0 Å². The van der Waals surface area contributed by atoms with Gasteiger partial charge in [0, 0.05) is 31.5 Å². The van der Waals surface area contributed by atoms with Gasteiger partial charge in [0.25, 0.3) is 0 Å². The zero-order chi connectivity index (χ0) is 15.8. The van der Waals surface area contributed by atoms with Gasteiger partial charge in [0.15, 0.2) is 24.1 Å². The molecule has 0 aliphatic heterocycles. The molecule has 1 N–H and O–H groups in total. The van der Waals surface area contributed by atoms with Crippen LogP contribution in [0, 0.1) is 0 Å². The standard InChI is InChI=1S/C17H19NO4/c1-20-12-22-16-7-6-13(10-17(16)21-2)4-3-5-15(19)14-8-9-18-11-14/h3-4,6-11,18H,5,12H2,1-2H3/b4-3+. The predicted octanol–water partition coefficient (Wildman–Crippen LogP) is 3.29. The van der Waals surface area contributed by atoms with Crippen LogP contribution in [0.15, 0.2) is 42.7 Å². The van der Waals surface area contributed by atoms with Gasteiger partial charge < -0.3 is 19.2 Å². The van der Waals surface area contributed by atoms with Crippen LogP contribution in [-0.4, -0.2) is 31.8 Å². The fourth-order valence-corrected chi connectivity index (χ4v) is 1.95. The largest absolute Gasteiger partial charge is 0.493 e. The van der Waals surface area contributed by atoms with Crippen LogP contribution >= 0.6 is 0 Å². The highest BCUT2D eigenvalue weighted by Gasteiger charge is 2.05. The summed E-state index contributed by atoms with van der Waals surface area (Å²) in [4.78, 5) is 14.7. The zero-order valence-corrected chi connectivity index (χ0v) is 12.7. The van der Waals surface area contributed by atoms with Crippen LogP contribution in [0.1, 0.15) is 22.3 Å². The van der Waals surface area contributed by atoms with Crippen molar-refractivity contribution in [1.82, 2.24) is 4.98 Å². The van der Waals surface area contributed by atoms with Crippen molar-refractivity contribution in [3.63, 3.8) is 0 Å². The van der Waals surface area contributed by atoms with E-state index in [2.05, 4.69) is 4.98 Å². The topological polar surface area (TPSA) is 60.5 Å². The molecule has 0 saturated carbocycles. The van der Waals surface area contributed by atoms with Crippen molar-refractivity contribution in [2.24, 2.45) is 0 Å². The molecule has 2 rings (SSSR count). The van der Waals surface area contributed by atoms with E-state index >= 15 is 0 Å². The monoisotopic (exact) mass is 301 g/mol. The minimum absolute atomic E-state index is 0.0736. The van der Waals surface area contributed by atoms with Crippen molar-refractivity contribution < 1.29 is 19.0 Å². The number of ketones is 1. The molecule has 22 heavy (non-hydrogen) atoms. The van der Waals surface area contributed by atoms with E-state index in [4.69, 9.17) is 14.2 Å². The van der Waals surface area contributed by atoms with E-state index in [-0.39, 0.29) is 12.6 Å². The first-order chi connectivity index (χ1) is 10.7. The molecule has 0 unspecified atom stereocenters. The molecule has 2 aromatic rings. The molecule has 0 atom stereocenters. The van der Waals surface area contributed by atoms with Crippen LogP contribution in [-0.2, 0) is 4.74 Å². The maximum absolute atomic E-state index is 11.9. The molecule has 0 radical (unpaired) electrons. The molecule has 0 spiro atoms. The van der Waals surface area contributed by atoms with Gasteiger partial charge in [-0.1, -0.05) is 18.2 Å². The number of carbonyl (C=O) groups is 1. The number of nitrogens with one attached hydrogen (secondary N) is 1. The van der Waals surface area contributed by atoms with Crippen molar-refractivity contribution in [2.75, 3.05) is 21.0 Å². The summed E-state index contributed by atoms with van der Waals surface area (Å²) in [7, 11) is 3.14. The van der Waals surface area contributed by atoms with Gasteiger partial charge in [-0.25, -0.2) is 0 Å². The lowest BCUT2D eigenvalue weighted by atomic mass is 10.1. The van der Waals surface area contributed by atoms with E-state index in [1.165, 1.54) is 0 Å². The van der Waals surface area contributed by atoms with E-state index < -0.39 is 0 Å². The summed E-state index contributed by atoms with van der Waals surface area (Å²) in [6.45, 7) is 0.163. The van der Waals surface area contributed by atoms with Crippen LogP contribution in [0.3, 0.4) is 0 Å². The van der Waals surface area contributed by atoms with E-state index in [1.54, 1.807) is 32.7 Å². The first-order valence-corrected chi connectivity index (χ1v) is 6.87. The quantitative estimate of drug-likeness (QED) is 0.600. The molecule has 0 amide bonds. The van der Waals surface area contributed by atoms with Crippen molar-refractivity contribution >= 4 is 11.9 Å². The smallest absolute Gasteiger partial charge is 0.188 e. The molecule has 116 valence electrons. The lowest BCUT2D eigenvalue weighted by molar-refractivity contribution is 0.0491. The van der Waals surface area contributed by atoms with Crippen LogP contribution in [0.2, 0.25) is 0 Å². The number of aromatic nitrogens is 1. The third kappa shape index (κ3) is 4.23. The van der Waals surface area contributed by atoms with Gasteiger partial charge in [-0.3, -0.25) is 4.79 Å². The van der Waals surface area contributed by atoms with Crippen molar-refractivity contribution in [3.8, 4) is 11.5 Å². The van der Waals surface area contributed by atoms with Gasteiger partial charge in [0.05, 0.1) is 7.11 Å². The van der Waals surface area contributed by atoms with Crippen LogP contribution in [0.5, 0.6) is 11.5 Å². The zero-order valence-electron chi connectivity index (χ0n) is 12.7. The highest BCUT2D eigenvalue weighted by molar-refractivity contribution is 5.97. The van der Waals surface area contributed by atoms with E-state index in [9.17, 15) is 4.79 Å². The normalized spacial score (nSPS) is 10.8. The Morgan fingerprint density at radius 2 is 2.09 bits per heavy atom. The molecule has 0 saturated heterocycles. The summed E-state index contributed by atoms with van der Waals surface area (Å²) in [5.74, 6) is 1.31. The highest BCUT2D eigenvalue weighted by atomic mass is 16.7. The van der Waals surface area contributed by atoms with Gasteiger partial charge in [-0.05, 0) is 23.8 Å². The fourth-order valence-electron chi connectivity index (χ4n) is 1.95.